The van der Waals surface area contributed by atoms with E-state index in [0.29, 0.717) is 10.6 Å². The van der Waals surface area contributed by atoms with E-state index in [1.807, 2.05) is 0 Å². The molecule has 12 heteroatoms. The predicted molar refractivity (Wildman–Crippen MR) is 119 cm³/mol. The molecular formula is C21H19Cl2F3N2O4S. The fourth-order valence-electron chi connectivity index (χ4n) is 3.50. The van der Waals surface area contributed by atoms with Gasteiger partial charge in [-0.2, -0.15) is 13.2 Å². The second kappa shape index (κ2) is 9.82. The minimum atomic E-state index is -4.53. The summed E-state index contributed by atoms with van der Waals surface area (Å²) >= 11 is 11.9. The number of carboxylic acid groups (broad SMARTS) is 1. The maximum Gasteiger partial charge on any atom is 0.405 e. The first-order valence-corrected chi connectivity index (χ1v) is 11.9. The molecule has 0 bridgehead atoms. The maximum atomic E-state index is 13.1. The van der Waals surface area contributed by atoms with Crippen molar-refractivity contribution in [3.8, 4) is 0 Å². The van der Waals surface area contributed by atoms with E-state index in [1.165, 1.54) is 53.6 Å². The first kappa shape index (κ1) is 25.2. The topological polar surface area (TPSA) is 86.7 Å². The summed E-state index contributed by atoms with van der Waals surface area (Å²) in [6, 6.07) is 10.4. The van der Waals surface area contributed by atoms with Crippen molar-refractivity contribution in [3.63, 3.8) is 0 Å². The van der Waals surface area contributed by atoms with E-state index in [-0.39, 0.29) is 28.6 Å². The number of likely N-dealkylation sites (tertiary alicyclic amines) is 1. The molecule has 1 unspecified atom stereocenters. The molecule has 178 valence electrons. The van der Waals surface area contributed by atoms with E-state index in [2.05, 4.69) is 5.32 Å². The Morgan fingerprint density at radius 3 is 2.36 bits per heavy atom. The van der Waals surface area contributed by atoms with Crippen molar-refractivity contribution in [1.82, 2.24) is 10.2 Å². The van der Waals surface area contributed by atoms with Crippen LogP contribution in [0, 0.1) is 0 Å². The molecule has 0 aromatic heterocycles. The SMILES string of the molecule is O=C(O)[C@H]1CC(S(=O)(=O)c2ccccc2Cl)CN1C=C(NCC(F)(F)F)c1ccc(Cl)cc1. The minimum absolute atomic E-state index is 0.00654. The van der Waals surface area contributed by atoms with Crippen LogP contribution in [0.25, 0.3) is 5.70 Å². The van der Waals surface area contributed by atoms with Crippen molar-refractivity contribution in [2.24, 2.45) is 0 Å². The molecule has 0 amide bonds. The largest absolute Gasteiger partial charge is 0.480 e. The number of halogens is 5. The van der Waals surface area contributed by atoms with Gasteiger partial charge in [0.05, 0.1) is 20.9 Å². The number of alkyl halides is 3. The summed E-state index contributed by atoms with van der Waals surface area (Å²) in [6.45, 7) is -1.61. The van der Waals surface area contributed by atoms with Gasteiger partial charge in [0.25, 0.3) is 0 Å². The summed E-state index contributed by atoms with van der Waals surface area (Å²) in [5.74, 6) is -1.30. The number of carboxylic acids is 1. The molecule has 2 atom stereocenters. The Morgan fingerprint density at radius 2 is 1.79 bits per heavy atom. The zero-order chi connectivity index (χ0) is 24.4. The van der Waals surface area contributed by atoms with Gasteiger partial charge in [0.1, 0.15) is 12.6 Å². The Labute approximate surface area is 198 Å². The molecule has 3 rings (SSSR count). The van der Waals surface area contributed by atoms with Gasteiger partial charge in [-0.3, -0.25) is 0 Å². The number of rotatable bonds is 7. The average Bonchev–Trinajstić information content (AvgIpc) is 3.16. The molecule has 1 heterocycles. The monoisotopic (exact) mass is 522 g/mol. The Kier molecular flexibility index (Phi) is 7.50. The molecule has 1 saturated heterocycles. The lowest BCUT2D eigenvalue weighted by Crippen LogP contribution is -2.34. The summed E-state index contributed by atoms with van der Waals surface area (Å²) in [5, 5.41) is 11.2. The first-order valence-electron chi connectivity index (χ1n) is 9.64. The van der Waals surface area contributed by atoms with Crippen molar-refractivity contribution in [1.29, 1.82) is 0 Å². The van der Waals surface area contributed by atoms with E-state index in [9.17, 15) is 31.5 Å². The molecule has 6 nitrogen and oxygen atoms in total. The average molecular weight is 523 g/mol. The van der Waals surface area contributed by atoms with Gasteiger partial charge < -0.3 is 15.3 Å². The van der Waals surface area contributed by atoms with Gasteiger partial charge in [-0.15, -0.1) is 0 Å². The summed E-state index contributed by atoms with van der Waals surface area (Å²) in [7, 11) is -3.99. The molecule has 0 radical (unpaired) electrons. The van der Waals surface area contributed by atoms with E-state index < -0.39 is 39.8 Å². The third kappa shape index (κ3) is 6.13. The summed E-state index contributed by atoms with van der Waals surface area (Å²) in [6.07, 6.45) is -3.58. The van der Waals surface area contributed by atoms with Gasteiger partial charge in [0, 0.05) is 17.8 Å². The number of nitrogens with one attached hydrogen (secondary N) is 1. The molecule has 1 aliphatic rings. The smallest absolute Gasteiger partial charge is 0.405 e. The molecule has 2 N–H and O–H groups in total. The van der Waals surface area contributed by atoms with Gasteiger partial charge in [0.2, 0.25) is 0 Å². The quantitative estimate of drug-likeness (QED) is 0.558. The molecule has 0 aliphatic carbocycles. The third-order valence-electron chi connectivity index (χ3n) is 5.10. The molecule has 2 aromatic rings. The van der Waals surface area contributed by atoms with Crippen molar-refractivity contribution >= 4 is 44.7 Å². The third-order valence-corrected chi connectivity index (χ3v) is 7.98. The van der Waals surface area contributed by atoms with Gasteiger partial charge in [-0.1, -0.05) is 47.5 Å². The van der Waals surface area contributed by atoms with Crippen LogP contribution in [0.4, 0.5) is 13.2 Å². The number of carbonyl (C=O) groups is 1. The lowest BCUT2D eigenvalue weighted by atomic mass is 10.1. The van der Waals surface area contributed by atoms with E-state index in [1.54, 1.807) is 6.07 Å². The lowest BCUT2D eigenvalue weighted by molar-refractivity contribution is -0.141. The van der Waals surface area contributed by atoms with Crippen LogP contribution in [-0.2, 0) is 14.6 Å². The molecule has 1 aliphatic heterocycles. The second-order valence-electron chi connectivity index (χ2n) is 7.40. The van der Waals surface area contributed by atoms with Crippen molar-refractivity contribution in [2.45, 2.75) is 28.8 Å². The molecule has 1 fully saturated rings. The van der Waals surface area contributed by atoms with Crippen LogP contribution in [-0.4, -0.2) is 55.0 Å². The van der Waals surface area contributed by atoms with Crippen molar-refractivity contribution in [3.05, 3.63) is 70.3 Å². The number of sulfone groups is 1. The highest BCUT2D eigenvalue weighted by Gasteiger charge is 2.43. The number of hydrogen-bond acceptors (Lipinski definition) is 5. The summed E-state index contributed by atoms with van der Waals surface area (Å²) in [5.41, 5.74) is 0.302. The normalized spacial score (nSPS) is 19.5. The van der Waals surface area contributed by atoms with Crippen LogP contribution in [0.15, 0.2) is 59.6 Å². The van der Waals surface area contributed by atoms with Crippen molar-refractivity contribution < 1.29 is 31.5 Å². The van der Waals surface area contributed by atoms with Gasteiger partial charge in [0.15, 0.2) is 9.84 Å². The van der Waals surface area contributed by atoms with E-state index in [4.69, 9.17) is 23.2 Å². The lowest BCUT2D eigenvalue weighted by Gasteiger charge is -2.22. The Bertz CT molecular complexity index is 1150. The first-order chi connectivity index (χ1) is 15.4. The highest BCUT2D eigenvalue weighted by atomic mass is 35.5. The molecule has 0 spiro atoms. The second-order valence-corrected chi connectivity index (χ2v) is 10.4. The van der Waals surface area contributed by atoms with Crippen LogP contribution in [0.2, 0.25) is 10.0 Å². The number of benzene rings is 2. The van der Waals surface area contributed by atoms with Crippen LogP contribution in [0.5, 0.6) is 0 Å². The highest BCUT2D eigenvalue weighted by Crippen LogP contribution is 2.32. The predicted octanol–water partition coefficient (Wildman–Crippen LogP) is 4.45. The Balaban J connectivity index is 1.97. The van der Waals surface area contributed by atoms with Gasteiger partial charge in [-0.05, 0) is 36.2 Å². The Morgan fingerprint density at radius 1 is 1.15 bits per heavy atom. The summed E-state index contributed by atoms with van der Waals surface area (Å²) < 4.78 is 64.8. The van der Waals surface area contributed by atoms with Crippen LogP contribution < -0.4 is 5.32 Å². The van der Waals surface area contributed by atoms with Crippen molar-refractivity contribution in [2.75, 3.05) is 13.1 Å². The highest BCUT2D eigenvalue weighted by molar-refractivity contribution is 7.92. The number of hydrogen-bond donors (Lipinski definition) is 2. The van der Waals surface area contributed by atoms with Crippen LogP contribution in [0.1, 0.15) is 12.0 Å². The van der Waals surface area contributed by atoms with E-state index in [0.717, 1.165) is 0 Å². The standard InChI is InChI=1S/C21H19Cl2F3N2O4S/c22-14-7-5-13(6-8-14)17(27-12-21(24,25)26)11-28-10-15(9-18(28)20(29)30)33(31,32)19-4-2-1-3-16(19)23/h1-8,11,15,18,27H,9-10,12H2,(H,29,30)/t15?,18-/m1/s1. The van der Waals surface area contributed by atoms with Gasteiger partial charge in [-0.25, -0.2) is 13.2 Å². The maximum absolute atomic E-state index is 13.1. The summed E-state index contributed by atoms with van der Waals surface area (Å²) in [4.78, 5) is 12.9. The zero-order valence-electron chi connectivity index (χ0n) is 16.9. The van der Waals surface area contributed by atoms with E-state index >= 15 is 0 Å². The fourth-order valence-corrected chi connectivity index (χ4v) is 5.86. The minimum Gasteiger partial charge on any atom is -0.480 e. The zero-order valence-corrected chi connectivity index (χ0v) is 19.2. The number of aliphatic carboxylic acids is 1. The van der Waals surface area contributed by atoms with Gasteiger partial charge >= 0.3 is 12.1 Å². The molecular weight excluding hydrogens is 504 g/mol. The van der Waals surface area contributed by atoms with Crippen LogP contribution >= 0.6 is 23.2 Å². The van der Waals surface area contributed by atoms with Crippen LogP contribution in [0.3, 0.4) is 0 Å². The number of nitrogens with zero attached hydrogens (tertiary/aromatic N) is 1. The Hall–Kier alpha value is -2.43. The fraction of sp³-hybridized carbons (Fsp3) is 0.286. The molecule has 2 aromatic carbocycles. The molecule has 33 heavy (non-hydrogen) atoms. The molecule has 0 saturated carbocycles.